The molecule has 1 aromatic carbocycles. The predicted octanol–water partition coefficient (Wildman–Crippen LogP) is 2.42. The van der Waals surface area contributed by atoms with Gasteiger partial charge < -0.3 is 5.11 Å². The Kier molecular flexibility index (Phi) is 4.30. The molecular formula is C14H19F2NO. The van der Waals surface area contributed by atoms with E-state index in [0.29, 0.717) is 12.5 Å². The summed E-state index contributed by atoms with van der Waals surface area (Å²) < 4.78 is 27.1. The molecule has 1 aliphatic heterocycles. The highest BCUT2D eigenvalue weighted by molar-refractivity contribution is 5.19. The third-order valence-electron chi connectivity index (χ3n) is 3.52. The van der Waals surface area contributed by atoms with Crippen LogP contribution in [0.25, 0.3) is 0 Å². The van der Waals surface area contributed by atoms with Crippen molar-refractivity contribution in [2.45, 2.75) is 19.9 Å². The number of likely N-dealkylation sites (tertiary alicyclic amines) is 1. The Morgan fingerprint density at radius 2 is 1.94 bits per heavy atom. The summed E-state index contributed by atoms with van der Waals surface area (Å²) in [6.07, 6.45) is 0.979. The molecule has 2 rings (SSSR count). The van der Waals surface area contributed by atoms with E-state index in [1.165, 1.54) is 18.2 Å². The summed E-state index contributed by atoms with van der Waals surface area (Å²) in [6, 6.07) is 3.95. The van der Waals surface area contributed by atoms with Crippen LogP contribution >= 0.6 is 0 Å². The molecule has 1 N–H and O–H groups in total. The van der Waals surface area contributed by atoms with E-state index in [0.717, 1.165) is 13.0 Å². The van der Waals surface area contributed by atoms with E-state index < -0.39 is 11.6 Å². The van der Waals surface area contributed by atoms with Crippen LogP contribution in [0.3, 0.4) is 0 Å². The molecule has 0 bridgehead atoms. The predicted molar refractivity (Wildman–Crippen MR) is 66.0 cm³/mol. The first-order valence-corrected chi connectivity index (χ1v) is 6.36. The summed E-state index contributed by atoms with van der Waals surface area (Å²) >= 11 is 0. The van der Waals surface area contributed by atoms with Crippen molar-refractivity contribution >= 4 is 0 Å². The van der Waals surface area contributed by atoms with Gasteiger partial charge in [-0.05, 0) is 30.4 Å². The van der Waals surface area contributed by atoms with Crippen LogP contribution in [0, 0.1) is 23.5 Å². The highest BCUT2D eigenvalue weighted by Crippen LogP contribution is 2.24. The molecule has 1 aliphatic rings. The molecule has 4 heteroatoms. The number of nitrogens with zero attached hydrogens (tertiary/aromatic N) is 1. The Balaban J connectivity index is 2.08. The normalized spacial score (nSPS) is 25.3. The largest absolute Gasteiger partial charge is 0.396 e. The molecule has 2 atom stereocenters. The van der Waals surface area contributed by atoms with Gasteiger partial charge in [-0.2, -0.15) is 0 Å². The van der Waals surface area contributed by atoms with E-state index in [1.54, 1.807) is 0 Å². The van der Waals surface area contributed by atoms with E-state index in [-0.39, 0.29) is 24.6 Å². The average molecular weight is 255 g/mol. The molecule has 0 saturated carbocycles. The number of aliphatic hydroxyl groups excluding tert-OH is 1. The maximum absolute atomic E-state index is 13.6. The van der Waals surface area contributed by atoms with Crippen molar-refractivity contribution < 1.29 is 13.9 Å². The third kappa shape index (κ3) is 3.06. The molecule has 1 aromatic rings. The van der Waals surface area contributed by atoms with E-state index in [2.05, 4.69) is 6.92 Å². The zero-order valence-corrected chi connectivity index (χ0v) is 10.6. The first kappa shape index (κ1) is 13.4. The number of hydrogen-bond donors (Lipinski definition) is 1. The van der Waals surface area contributed by atoms with E-state index in [4.69, 9.17) is 0 Å². The van der Waals surface area contributed by atoms with E-state index in [9.17, 15) is 13.9 Å². The van der Waals surface area contributed by atoms with Crippen molar-refractivity contribution in [2.24, 2.45) is 11.8 Å². The van der Waals surface area contributed by atoms with Gasteiger partial charge in [-0.25, -0.2) is 8.78 Å². The Bertz CT molecular complexity index is 391. The zero-order chi connectivity index (χ0) is 13.1. The number of rotatable bonds is 3. The van der Waals surface area contributed by atoms with Crippen molar-refractivity contribution in [2.75, 3.05) is 19.7 Å². The molecule has 0 radical (unpaired) electrons. The minimum Gasteiger partial charge on any atom is -0.396 e. The van der Waals surface area contributed by atoms with Crippen LogP contribution < -0.4 is 0 Å². The standard InChI is InChI=1S/C14H19F2NO/c1-10-5-11(9-18)7-17(6-10)8-12-13(15)3-2-4-14(12)16/h2-4,10-11,18H,5-9H2,1H3. The van der Waals surface area contributed by atoms with Crippen LogP contribution in [-0.2, 0) is 6.54 Å². The molecular weight excluding hydrogens is 236 g/mol. The second-order valence-corrected chi connectivity index (χ2v) is 5.28. The minimum absolute atomic E-state index is 0.128. The quantitative estimate of drug-likeness (QED) is 0.896. The fraction of sp³-hybridized carbons (Fsp3) is 0.571. The van der Waals surface area contributed by atoms with Gasteiger partial charge in [0.15, 0.2) is 0 Å². The molecule has 1 saturated heterocycles. The van der Waals surface area contributed by atoms with Gasteiger partial charge in [0.2, 0.25) is 0 Å². The molecule has 100 valence electrons. The van der Waals surface area contributed by atoms with Crippen LogP contribution in [0.5, 0.6) is 0 Å². The number of benzene rings is 1. The molecule has 0 spiro atoms. The Hall–Kier alpha value is -1.00. The highest BCUT2D eigenvalue weighted by atomic mass is 19.1. The average Bonchev–Trinajstić information content (AvgIpc) is 2.33. The fourth-order valence-corrected chi connectivity index (χ4v) is 2.77. The van der Waals surface area contributed by atoms with Gasteiger partial charge in [-0.3, -0.25) is 4.90 Å². The smallest absolute Gasteiger partial charge is 0.130 e. The molecule has 0 amide bonds. The molecule has 1 fully saturated rings. The topological polar surface area (TPSA) is 23.5 Å². The highest BCUT2D eigenvalue weighted by Gasteiger charge is 2.25. The van der Waals surface area contributed by atoms with Gasteiger partial charge in [-0.15, -0.1) is 0 Å². The molecule has 2 unspecified atom stereocenters. The number of hydrogen-bond acceptors (Lipinski definition) is 2. The number of piperidine rings is 1. The lowest BCUT2D eigenvalue weighted by Crippen LogP contribution is -2.40. The van der Waals surface area contributed by atoms with Gasteiger partial charge in [0.25, 0.3) is 0 Å². The molecule has 0 aliphatic carbocycles. The van der Waals surface area contributed by atoms with Crippen LogP contribution in [0.15, 0.2) is 18.2 Å². The molecule has 0 aromatic heterocycles. The minimum atomic E-state index is -0.492. The summed E-state index contributed by atoms with van der Waals surface area (Å²) in [5.41, 5.74) is 0.128. The SMILES string of the molecule is CC1CC(CO)CN(Cc2c(F)cccc2F)C1. The first-order valence-electron chi connectivity index (χ1n) is 6.36. The van der Waals surface area contributed by atoms with Gasteiger partial charge >= 0.3 is 0 Å². The molecule has 18 heavy (non-hydrogen) atoms. The van der Waals surface area contributed by atoms with E-state index in [1.807, 2.05) is 4.90 Å². The van der Waals surface area contributed by atoms with Crippen LogP contribution in [0.4, 0.5) is 8.78 Å². The Morgan fingerprint density at radius 1 is 1.28 bits per heavy atom. The molecule has 1 heterocycles. The lowest BCUT2D eigenvalue weighted by atomic mass is 9.91. The van der Waals surface area contributed by atoms with Crippen molar-refractivity contribution in [3.05, 3.63) is 35.4 Å². The molecule has 2 nitrogen and oxygen atoms in total. The summed E-state index contributed by atoms with van der Waals surface area (Å²) in [7, 11) is 0. The van der Waals surface area contributed by atoms with Crippen molar-refractivity contribution in [1.29, 1.82) is 0 Å². The second-order valence-electron chi connectivity index (χ2n) is 5.28. The van der Waals surface area contributed by atoms with Crippen molar-refractivity contribution in [1.82, 2.24) is 4.90 Å². The van der Waals surface area contributed by atoms with E-state index >= 15 is 0 Å². The summed E-state index contributed by atoms with van der Waals surface area (Å²) in [5.74, 6) is -0.322. The lowest BCUT2D eigenvalue weighted by Gasteiger charge is -2.35. The fourth-order valence-electron chi connectivity index (χ4n) is 2.77. The van der Waals surface area contributed by atoms with Crippen molar-refractivity contribution in [3.63, 3.8) is 0 Å². The number of halogens is 2. The third-order valence-corrected chi connectivity index (χ3v) is 3.52. The van der Waals surface area contributed by atoms with Crippen molar-refractivity contribution in [3.8, 4) is 0 Å². The Morgan fingerprint density at radius 3 is 2.56 bits per heavy atom. The lowest BCUT2D eigenvalue weighted by molar-refractivity contribution is 0.0840. The van der Waals surface area contributed by atoms with Crippen LogP contribution in [0.1, 0.15) is 18.9 Å². The van der Waals surface area contributed by atoms with Gasteiger partial charge in [-0.1, -0.05) is 13.0 Å². The maximum atomic E-state index is 13.6. The monoisotopic (exact) mass is 255 g/mol. The summed E-state index contributed by atoms with van der Waals surface area (Å²) in [5, 5.41) is 9.23. The summed E-state index contributed by atoms with van der Waals surface area (Å²) in [6.45, 7) is 4.05. The maximum Gasteiger partial charge on any atom is 0.130 e. The summed E-state index contributed by atoms with van der Waals surface area (Å²) in [4.78, 5) is 2.02. The van der Waals surface area contributed by atoms with Gasteiger partial charge in [0.1, 0.15) is 11.6 Å². The van der Waals surface area contributed by atoms with Gasteiger partial charge in [0, 0.05) is 31.8 Å². The van der Waals surface area contributed by atoms with Gasteiger partial charge in [0.05, 0.1) is 0 Å². The number of aliphatic hydroxyl groups is 1. The Labute approximate surface area is 106 Å². The second kappa shape index (κ2) is 5.76. The van der Waals surface area contributed by atoms with Crippen LogP contribution in [-0.4, -0.2) is 29.7 Å². The zero-order valence-electron chi connectivity index (χ0n) is 10.6. The first-order chi connectivity index (χ1) is 8.60. The van der Waals surface area contributed by atoms with Crippen LogP contribution in [0.2, 0.25) is 0 Å².